The van der Waals surface area contributed by atoms with Gasteiger partial charge in [-0.1, -0.05) is 147 Å². The largest absolute Gasteiger partial charge is 0.363 e. The standard InChI is InChI=1S/C46H48N2/c1-4-17-46(44-28-26-42(30-36(44)2)47(32-38-18-9-5-10-19-38)33-39-20-11-6-12-21-39)45-29-27-43(31-37(45)3)48(34-40-22-13-7-14-23-40)35-41-24-15-8-16-25-41/h5-16,18-31,46H,4,17,32-35H2,1-3H3. The van der Waals surface area contributed by atoms with Crippen LogP contribution in [0.5, 0.6) is 0 Å². The van der Waals surface area contributed by atoms with Crippen molar-refractivity contribution in [3.05, 3.63) is 202 Å². The second kappa shape index (κ2) is 16.2. The number of hydrogen-bond acceptors (Lipinski definition) is 2. The van der Waals surface area contributed by atoms with Crippen molar-refractivity contribution < 1.29 is 0 Å². The summed E-state index contributed by atoms with van der Waals surface area (Å²) in [4.78, 5) is 5.01. The maximum Gasteiger partial charge on any atom is 0.0433 e. The van der Waals surface area contributed by atoms with E-state index < -0.39 is 0 Å². The van der Waals surface area contributed by atoms with Crippen LogP contribution in [0.1, 0.15) is 70.2 Å². The van der Waals surface area contributed by atoms with Crippen LogP contribution in [0.25, 0.3) is 0 Å². The molecule has 0 aromatic heterocycles. The minimum Gasteiger partial charge on any atom is -0.363 e. The number of aryl methyl sites for hydroxylation is 2. The lowest BCUT2D eigenvalue weighted by atomic mass is 9.83. The van der Waals surface area contributed by atoms with Gasteiger partial charge in [0.15, 0.2) is 0 Å². The fourth-order valence-electron chi connectivity index (χ4n) is 6.95. The van der Waals surface area contributed by atoms with Gasteiger partial charge in [0.25, 0.3) is 0 Å². The van der Waals surface area contributed by atoms with Gasteiger partial charge in [0.1, 0.15) is 0 Å². The zero-order valence-corrected chi connectivity index (χ0v) is 28.7. The summed E-state index contributed by atoms with van der Waals surface area (Å²) < 4.78 is 0. The Morgan fingerprint density at radius 1 is 0.417 bits per heavy atom. The normalized spacial score (nSPS) is 11.1. The van der Waals surface area contributed by atoms with Gasteiger partial charge >= 0.3 is 0 Å². The topological polar surface area (TPSA) is 6.48 Å². The van der Waals surface area contributed by atoms with E-state index in [1.807, 2.05) is 0 Å². The van der Waals surface area contributed by atoms with Gasteiger partial charge in [-0.05, 0) is 89.0 Å². The molecular formula is C46H48N2. The smallest absolute Gasteiger partial charge is 0.0433 e. The van der Waals surface area contributed by atoms with Crippen molar-refractivity contribution in [2.75, 3.05) is 9.80 Å². The van der Waals surface area contributed by atoms with Crippen molar-refractivity contribution in [2.45, 2.75) is 65.7 Å². The van der Waals surface area contributed by atoms with Gasteiger partial charge in [0.05, 0.1) is 0 Å². The summed E-state index contributed by atoms with van der Waals surface area (Å²) in [6, 6.07) is 57.6. The van der Waals surface area contributed by atoms with Crippen LogP contribution in [0.3, 0.4) is 0 Å². The van der Waals surface area contributed by atoms with Crippen LogP contribution in [-0.4, -0.2) is 0 Å². The van der Waals surface area contributed by atoms with Crippen molar-refractivity contribution in [1.82, 2.24) is 0 Å². The molecule has 0 unspecified atom stereocenters. The molecule has 0 amide bonds. The summed E-state index contributed by atoms with van der Waals surface area (Å²) in [5, 5.41) is 0. The van der Waals surface area contributed by atoms with Crippen LogP contribution >= 0.6 is 0 Å². The predicted molar refractivity (Wildman–Crippen MR) is 205 cm³/mol. The van der Waals surface area contributed by atoms with E-state index in [4.69, 9.17) is 0 Å². The van der Waals surface area contributed by atoms with Crippen molar-refractivity contribution in [3.63, 3.8) is 0 Å². The third-order valence-corrected chi connectivity index (χ3v) is 9.43. The highest BCUT2D eigenvalue weighted by atomic mass is 15.1. The van der Waals surface area contributed by atoms with Gasteiger partial charge in [-0.15, -0.1) is 0 Å². The molecule has 6 aromatic rings. The second-order valence-corrected chi connectivity index (χ2v) is 13.1. The van der Waals surface area contributed by atoms with E-state index in [2.05, 4.69) is 188 Å². The summed E-state index contributed by atoms with van der Waals surface area (Å²) in [5.74, 6) is 0.353. The van der Waals surface area contributed by atoms with E-state index in [1.54, 1.807) is 0 Å². The highest BCUT2D eigenvalue weighted by molar-refractivity contribution is 5.57. The maximum atomic E-state index is 2.50. The van der Waals surface area contributed by atoms with E-state index in [1.165, 1.54) is 55.9 Å². The molecule has 2 nitrogen and oxygen atoms in total. The zero-order valence-electron chi connectivity index (χ0n) is 28.7. The van der Waals surface area contributed by atoms with Crippen LogP contribution in [0.4, 0.5) is 11.4 Å². The van der Waals surface area contributed by atoms with E-state index in [-0.39, 0.29) is 0 Å². The van der Waals surface area contributed by atoms with Crippen LogP contribution in [0.2, 0.25) is 0 Å². The molecule has 48 heavy (non-hydrogen) atoms. The molecule has 0 radical (unpaired) electrons. The molecule has 0 spiro atoms. The van der Waals surface area contributed by atoms with Gasteiger partial charge in [0, 0.05) is 43.5 Å². The number of rotatable bonds is 14. The molecule has 2 heteroatoms. The molecule has 6 aromatic carbocycles. The molecule has 0 fully saturated rings. The first kappa shape index (κ1) is 32.8. The Morgan fingerprint density at radius 2 is 0.729 bits per heavy atom. The van der Waals surface area contributed by atoms with Gasteiger partial charge < -0.3 is 9.80 Å². The zero-order chi connectivity index (χ0) is 33.1. The predicted octanol–water partition coefficient (Wildman–Crippen LogP) is 11.6. The maximum absolute atomic E-state index is 2.50. The Labute approximate surface area is 288 Å². The average molecular weight is 629 g/mol. The molecule has 0 N–H and O–H groups in total. The monoisotopic (exact) mass is 628 g/mol. The molecule has 0 heterocycles. The van der Waals surface area contributed by atoms with E-state index in [9.17, 15) is 0 Å². The molecule has 0 bridgehead atoms. The fraction of sp³-hybridized carbons (Fsp3) is 0.217. The minimum absolute atomic E-state index is 0.353. The molecule has 6 rings (SSSR count). The lowest BCUT2D eigenvalue weighted by Gasteiger charge is -2.29. The van der Waals surface area contributed by atoms with Crippen molar-refractivity contribution in [3.8, 4) is 0 Å². The summed E-state index contributed by atoms with van der Waals surface area (Å²) in [5.41, 5.74) is 13.4. The average Bonchev–Trinajstić information content (AvgIpc) is 3.12. The quantitative estimate of drug-likeness (QED) is 0.118. The SMILES string of the molecule is CCCC(c1ccc(N(Cc2ccccc2)Cc2ccccc2)cc1C)c1ccc(N(Cc2ccccc2)Cc2ccccc2)cc1C. The summed E-state index contributed by atoms with van der Waals surface area (Å²) in [6.45, 7) is 10.4. The first-order valence-electron chi connectivity index (χ1n) is 17.4. The first-order chi connectivity index (χ1) is 23.6. The van der Waals surface area contributed by atoms with Crippen LogP contribution in [-0.2, 0) is 26.2 Å². The Bertz CT molecular complexity index is 1630. The Morgan fingerprint density at radius 3 is 1.00 bits per heavy atom. The number of hydrogen-bond donors (Lipinski definition) is 0. The van der Waals surface area contributed by atoms with E-state index >= 15 is 0 Å². The minimum atomic E-state index is 0.353. The van der Waals surface area contributed by atoms with Gasteiger partial charge in [-0.2, -0.15) is 0 Å². The van der Waals surface area contributed by atoms with Crippen molar-refractivity contribution in [2.24, 2.45) is 0 Å². The number of nitrogens with zero attached hydrogens (tertiary/aromatic N) is 2. The van der Waals surface area contributed by atoms with Crippen LogP contribution in [0.15, 0.2) is 158 Å². The van der Waals surface area contributed by atoms with Gasteiger partial charge in [0.2, 0.25) is 0 Å². The second-order valence-electron chi connectivity index (χ2n) is 13.1. The number of anilines is 2. The third kappa shape index (κ3) is 8.44. The molecule has 0 saturated carbocycles. The summed E-state index contributed by atoms with van der Waals surface area (Å²) >= 11 is 0. The molecule has 0 aliphatic heterocycles. The lowest BCUT2D eigenvalue weighted by Crippen LogP contribution is -2.22. The Hall–Kier alpha value is -5.08. The molecule has 242 valence electrons. The fourth-order valence-corrected chi connectivity index (χ4v) is 6.95. The van der Waals surface area contributed by atoms with Gasteiger partial charge in [-0.3, -0.25) is 0 Å². The van der Waals surface area contributed by atoms with E-state index in [0.717, 1.165) is 39.0 Å². The van der Waals surface area contributed by atoms with Crippen LogP contribution < -0.4 is 9.80 Å². The third-order valence-electron chi connectivity index (χ3n) is 9.43. The first-order valence-corrected chi connectivity index (χ1v) is 17.4. The highest BCUT2D eigenvalue weighted by Crippen LogP contribution is 2.37. The summed E-state index contributed by atoms with van der Waals surface area (Å²) in [7, 11) is 0. The molecule has 0 saturated heterocycles. The lowest BCUT2D eigenvalue weighted by molar-refractivity contribution is 0.690. The molecule has 0 aliphatic rings. The Kier molecular flexibility index (Phi) is 11.1. The highest BCUT2D eigenvalue weighted by Gasteiger charge is 2.20. The van der Waals surface area contributed by atoms with Crippen LogP contribution in [0, 0.1) is 13.8 Å². The summed E-state index contributed by atoms with van der Waals surface area (Å²) in [6.07, 6.45) is 2.26. The molecular weight excluding hydrogens is 581 g/mol. The van der Waals surface area contributed by atoms with Gasteiger partial charge in [-0.25, -0.2) is 0 Å². The van der Waals surface area contributed by atoms with Crippen molar-refractivity contribution in [1.29, 1.82) is 0 Å². The number of benzene rings is 6. The van der Waals surface area contributed by atoms with Crippen molar-refractivity contribution >= 4 is 11.4 Å². The Balaban J connectivity index is 1.29. The molecule has 0 atom stereocenters. The molecule has 0 aliphatic carbocycles. The van der Waals surface area contributed by atoms with E-state index in [0.29, 0.717) is 5.92 Å².